The highest BCUT2D eigenvalue weighted by atomic mass is 15.1. The molecule has 0 aromatic carbocycles. The molecule has 3 heteroatoms. The van der Waals surface area contributed by atoms with Gasteiger partial charge in [-0.05, 0) is 76.1 Å². The van der Waals surface area contributed by atoms with Gasteiger partial charge in [0.15, 0.2) is 0 Å². The summed E-state index contributed by atoms with van der Waals surface area (Å²) < 4.78 is 2.54. The Hall–Kier alpha value is -2.29. The highest BCUT2D eigenvalue weighted by Crippen LogP contribution is 2.20. The molecular formula is C31H47N3. The molecule has 1 aliphatic carbocycles. The van der Waals surface area contributed by atoms with E-state index in [0.29, 0.717) is 5.92 Å². The third-order valence-electron chi connectivity index (χ3n) is 7.04. The molecule has 1 unspecified atom stereocenters. The summed E-state index contributed by atoms with van der Waals surface area (Å²) in [6, 6.07) is 0. The number of rotatable bonds is 9. The molecule has 1 aliphatic heterocycles. The molecule has 0 saturated carbocycles. The van der Waals surface area contributed by atoms with E-state index >= 15 is 0 Å². The first kappa shape index (κ1) is 26.3. The smallest absolute Gasteiger partial charge is 0.112 e. The van der Waals surface area contributed by atoms with Gasteiger partial charge in [-0.3, -0.25) is 0 Å². The molecule has 0 fully saturated rings. The van der Waals surface area contributed by atoms with Crippen molar-refractivity contribution in [1.29, 1.82) is 0 Å². The van der Waals surface area contributed by atoms with Crippen molar-refractivity contribution in [3.8, 4) is 0 Å². The minimum absolute atomic E-state index is 0.491. The summed E-state index contributed by atoms with van der Waals surface area (Å²) in [5.74, 6) is 1.77. The summed E-state index contributed by atoms with van der Waals surface area (Å²) in [7, 11) is 0. The molecule has 1 aromatic rings. The molecule has 3 nitrogen and oxygen atoms in total. The largest absolute Gasteiger partial charge is 0.352 e. The number of allylic oxidation sites excluding steroid dienone is 7. The minimum atomic E-state index is 0.491. The maximum Gasteiger partial charge on any atom is 0.112 e. The first-order valence-corrected chi connectivity index (χ1v) is 13.9. The second-order valence-electron chi connectivity index (χ2n) is 9.95. The Morgan fingerprint density at radius 2 is 1.94 bits per heavy atom. The van der Waals surface area contributed by atoms with Gasteiger partial charge >= 0.3 is 0 Å². The van der Waals surface area contributed by atoms with Crippen LogP contribution in [0.2, 0.25) is 0 Å². The lowest BCUT2D eigenvalue weighted by atomic mass is 10.1. The Kier molecular flexibility index (Phi) is 11.0. The van der Waals surface area contributed by atoms with Crippen LogP contribution in [0.4, 0.5) is 0 Å². The van der Waals surface area contributed by atoms with Crippen molar-refractivity contribution in [2.75, 3.05) is 6.54 Å². The van der Waals surface area contributed by atoms with Crippen LogP contribution in [0.15, 0.2) is 48.4 Å². The van der Waals surface area contributed by atoms with Gasteiger partial charge in [0, 0.05) is 24.7 Å². The van der Waals surface area contributed by atoms with Crippen LogP contribution in [0.3, 0.4) is 0 Å². The lowest BCUT2D eigenvalue weighted by Gasteiger charge is -2.25. The average Bonchev–Trinajstić information content (AvgIpc) is 3.10. The zero-order chi connectivity index (χ0) is 24.2. The molecule has 0 radical (unpaired) electrons. The maximum absolute atomic E-state index is 5.19. The van der Waals surface area contributed by atoms with Crippen molar-refractivity contribution >= 4 is 11.6 Å². The van der Waals surface area contributed by atoms with Gasteiger partial charge < -0.3 is 9.47 Å². The number of aromatic nitrogens is 2. The highest BCUT2D eigenvalue weighted by Gasteiger charge is 2.16. The van der Waals surface area contributed by atoms with E-state index in [4.69, 9.17) is 4.98 Å². The molecule has 2 heterocycles. The first-order valence-electron chi connectivity index (χ1n) is 13.9. The quantitative estimate of drug-likeness (QED) is 0.391. The Bertz CT molecular complexity index is 1000. The minimum Gasteiger partial charge on any atom is -0.352 e. The van der Waals surface area contributed by atoms with Crippen LogP contribution in [-0.2, 0) is 6.54 Å². The normalized spacial score (nSPS) is 19.4. The second kappa shape index (κ2) is 14.2. The van der Waals surface area contributed by atoms with E-state index in [1.807, 2.05) is 0 Å². The third-order valence-corrected chi connectivity index (χ3v) is 7.04. The number of hydrogen-bond donors (Lipinski definition) is 0. The molecule has 1 aromatic heterocycles. The molecule has 186 valence electrons. The number of fused-ring (bicyclic) bond motifs is 1. The number of imidazole rings is 1. The Balaban J connectivity index is 1.84. The van der Waals surface area contributed by atoms with Crippen molar-refractivity contribution < 1.29 is 0 Å². The van der Waals surface area contributed by atoms with Crippen molar-refractivity contribution in [2.45, 2.75) is 111 Å². The number of nitrogens with zero attached hydrogens (tertiary/aromatic N) is 3. The molecule has 0 amide bonds. The van der Waals surface area contributed by atoms with Crippen molar-refractivity contribution in [1.82, 2.24) is 14.5 Å². The van der Waals surface area contributed by atoms with Crippen LogP contribution in [0.25, 0.3) is 11.6 Å². The van der Waals surface area contributed by atoms with Gasteiger partial charge in [0.05, 0.1) is 10.7 Å². The fourth-order valence-electron chi connectivity index (χ4n) is 5.13. The van der Waals surface area contributed by atoms with Crippen molar-refractivity contribution in [2.24, 2.45) is 0 Å². The first-order chi connectivity index (χ1) is 16.7. The molecule has 0 saturated heterocycles. The van der Waals surface area contributed by atoms with Gasteiger partial charge in [-0.1, -0.05) is 76.5 Å². The van der Waals surface area contributed by atoms with E-state index in [1.54, 1.807) is 0 Å². The molecule has 34 heavy (non-hydrogen) atoms. The molecule has 0 N–H and O–H groups in total. The van der Waals surface area contributed by atoms with E-state index in [-0.39, 0.29) is 0 Å². The van der Waals surface area contributed by atoms with Crippen LogP contribution in [0.1, 0.15) is 110 Å². The predicted octanol–water partition coefficient (Wildman–Crippen LogP) is 7.11. The van der Waals surface area contributed by atoms with Crippen LogP contribution >= 0.6 is 0 Å². The molecule has 0 spiro atoms. The maximum atomic E-state index is 5.19. The van der Waals surface area contributed by atoms with E-state index in [0.717, 1.165) is 32.4 Å². The lowest BCUT2D eigenvalue weighted by molar-refractivity contribution is 0.402. The van der Waals surface area contributed by atoms with E-state index in [1.165, 1.54) is 79.2 Å². The topological polar surface area (TPSA) is 21.1 Å². The average molecular weight is 462 g/mol. The molecule has 0 bridgehead atoms. The SMILES string of the molecule is CCC=CC=C1CCCCCCC=CN1CCCn1c(C(C)CCC)nc2c1=CCC=CC=2C. The van der Waals surface area contributed by atoms with E-state index in [9.17, 15) is 0 Å². The van der Waals surface area contributed by atoms with Crippen molar-refractivity contribution in [3.05, 3.63) is 64.9 Å². The number of hydrogen-bond acceptors (Lipinski definition) is 2. The van der Waals surface area contributed by atoms with Gasteiger partial charge in [-0.2, -0.15) is 0 Å². The van der Waals surface area contributed by atoms with Gasteiger partial charge in [0.25, 0.3) is 0 Å². The van der Waals surface area contributed by atoms with Gasteiger partial charge in [-0.25, -0.2) is 4.98 Å². The zero-order valence-corrected chi connectivity index (χ0v) is 22.2. The summed E-state index contributed by atoms with van der Waals surface area (Å²) in [4.78, 5) is 7.71. The highest BCUT2D eigenvalue weighted by molar-refractivity contribution is 5.55. The monoisotopic (exact) mass is 461 g/mol. The molecule has 2 aliphatic rings. The van der Waals surface area contributed by atoms with E-state index in [2.05, 4.69) is 85.9 Å². The summed E-state index contributed by atoms with van der Waals surface area (Å²) in [5.41, 5.74) is 2.76. The van der Waals surface area contributed by atoms with Crippen molar-refractivity contribution in [3.63, 3.8) is 0 Å². The van der Waals surface area contributed by atoms with Gasteiger partial charge in [-0.15, -0.1) is 0 Å². The second-order valence-corrected chi connectivity index (χ2v) is 9.95. The summed E-state index contributed by atoms with van der Waals surface area (Å²) in [6.07, 6.45) is 31.8. The summed E-state index contributed by atoms with van der Waals surface area (Å²) >= 11 is 0. The zero-order valence-electron chi connectivity index (χ0n) is 22.2. The van der Waals surface area contributed by atoms with Gasteiger partial charge in [0.2, 0.25) is 0 Å². The standard InChI is InChI=1S/C31H47N3/c1-5-7-12-20-28-21-13-10-8-9-11-16-23-33(28)24-17-25-34-29-22-15-14-19-26(3)30(29)32-31(34)27(4)18-6-2/h7,12,14,16,19-20,22-23,27H,5-6,8-11,13,15,17-18,21,24-25H2,1-4H3. The summed E-state index contributed by atoms with van der Waals surface area (Å²) in [6.45, 7) is 11.1. The Labute approximate surface area is 208 Å². The molecule has 1 atom stereocenters. The Morgan fingerprint density at radius 1 is 1.09 bits per heavy atom. The third kappa shape index (κ3) is 7.35. The van der Waals surface area contributed by atoms with Crippen LogP contribution in [-0.4, -0.2) is 21.0 Å². The fraction of sp³-hybridized carbons (Fsp3) is 0.581. The summed E-state index contributed by atoms with van der Waals surface area (Å²) in [5, 5.41) is 2.52. The van der Waals surface area contributed by atoms with Crippen LogP contribution in [0.5, 0.6) is 0 Å². The predicted molar refractivity (Wildman–Crippen MR) is 148 cm³/mol. The molecular weight excluding hydrogens is 414 g/mol. The van der Waals surface area contributed by atoms with E-state index < -0.39 is 0 Å². The van der Waals surface area contributed by atoms with Gasteiger partial charge in [0.1, 0.15) is 5.82 Å². The fourth-order valence-corrected chi connectivity index (χ4v) is 5.13. The lowest BCUT2D eigenvalue weighted by Crippen LogP contribution is -2.32. The van der Waals surface area contributed by atoms with Crippen LogP contribution < -0.4 is 10.7 Å². The Morgan fingerprint density at radius 3 is 2.76 bits per heavy atom. The van der Waals surface area contributed by atoms with Crippen LogP contribution in [0, 0.1) is 0 Å². The molecule has 3 rings (SSSR count).